The van der Waals surface area contributed by atoms with E-state index in [1.54, 1.807) is 0 Å². The average molecular weight is 747 g/mol. The first-order valence-corrected chi connectivity index (χ1v) is 19.8. The first-order valence-electron chi connectivity index (χ1n) is 19.0. The van der Waals surface area contributed by atoms with Crippen LogP contribution in [-0.2, 0) is 0 Å². The van der Waals surface area contributed by atoms with E-state index in [-0.39, 0.29) is 0 Å². The summed E-state index contributed by atoms with van der Waals surface area (Å²) in [4.78, 5) is 15.1. The molecule has 8 aromatic carbocycles. The van der Waals surface area contributed by atoms with Gasteiger partial charge in [0.15, 0.2) is 17.5 Å². The lowest BCUT2D eigenvalue weighted by Gasteiger charge is -2.13. The molecule has 4 aromatic heterocycles. The minimum absolute atomic E-state index is 0.630. The van der Waals surface area contributed by atoms with Gasteiger partial charge >= 0.3 is 0 Å². The lowest BCUT2D eigenvalue weighted by molar-refractivity contribution is 0.673. The van der Waals surface area contributed by atoms with E-state index in [2.05, 4.69) is 120 Å². The van der Waals surface area contributed by atoms with Gasteiger partial charge in [0.1, 0.15) is 11.2 Å². The van der Waals surface area contributed by atoms with E-state index in [1.807, 2.05) is 78.1 Å². The van der Waals surface area contributed by atoms with Crippen LogP contribution in [0.4, 0.5) is 0 Å². The van der Waals surface area contributed by atoms with Crippen molar-refractivity contribution in [3.8, 4) is 51.0 Å². The summed E-state index contributed by atoms with van der Waals surface area (Å²) in [7, 11) is 0. The molecule has 0 saturated heterocycles. The lowest BCUT2D eigenvalue weighted by atomic mass is 9.99. The zero-order chi connectivity index (χ0) is 37.5. The number of aromatic nitrogens is 4. The number of furan rings is 1. The number of benzene rings is 8. The fourth-order valence-corrected chi connectivity index (χ4v) is 9.65. The molecule has 0 aliphatic heterocycles. The normalized spacial score (nSPS) is 11.9. The zero-order valence-corrected chi connectivity index (χ0v) is 31.2. The van der Waals surface area contributed by atoms with Gasteiger partial charge in [0.05, 0.1) is 16.4 Å². The molecule has 5 nitrogen and oxygen atoms in total. The van der Waals surface area contributed by atoms with E-state index >= 15 is 0 Å². The molecule has 0 radical (unpaired) electrons. The molecule has 0 unspecified atom stereocenters. The number of para-hydroxylation sites is 2. The Kier molecular flexibility index (Phi) is 7.03. The number of rotatable bonds is 5. The van der Waals surface area contributed by atoms with Crippen LogP contribution in [0, 0.1) is 0 Å². The summed E-state index contributed by atoms with van der Waals surface area (Å²) in [6.45, 7) is 0. The molecule has 57 heavy (non-hydrogen) atoms. The van der Waals surface area contributed by atoms with E-state index in [0.717, 1.165) is 77.2 Å². The Bertz CT molecular complexity index is 3470. The highest BCUT2D eigenvalue weighted by molar-refractivity contribution is 7.26. The topological polar surface area (TPSA) is 56.7 Å². The van der Waals surface area contributed by atoms with E-state index in [1.165, 1.54) is 20.2 Å². The first-order chi connectivity index (χ1) is 28.2. The molecule has 266 valence electrons. The Labute approximate surface area is 330 Å². The number of hydrogen-bond acceptors (Lipinski definition) is 5. The van der Waals surface area contributed by atoms with Gasteiger partial charge in [-0.3, -0.25) is 0 Å². The van der Waals surface area contributed by atoms with Gasteiger partial charge in [-0.05, 0) is 54.1 Å². The summed E-state index contributed by atoms with van der Waals surface area (Å²) in [6.07, 6.45) is 0. The minimum Gasteiger partial charge on any atom is -0.455 e. The van der Waals surface area contributed by atoms with Gasteiger partial charge in [-0.2, -0.15) is 0 Å². The van der Waals surface area contributed by atoms with Gasteiger partial charge in [0.25, 0.3) is 0 Å². The number of thiophene rings is 1. The van der Waals surface area contributed by atoms with Crippen molar-refractivity contribution in [3.05, 3.63) is 182 Å². The second kappa shape index (κ2) is 12.6. The highest BCUT2D eigenvalue weighted by atomic mass is 32.1. The van der Waals surface area contributed by atoms with E-state index in [0.29, 0.717) is 17.5 Å². The molecule has 12 aromatic rings. The SMILES string of the molecule is c1ccc(-c2nc(-c3ccccc3)nc(-c3cccc(-c4cc(-n5c6ccccc6c6c7oc8ccccc8c7ccc65)cc5c4sc4ccccc45)c3)n2)cc1. The first kappa shape index (κ1) is 31.9. The molecule has 6 heteroatoms. The fourth-order valence-electron chi connectivity index (χ4n) is 8.43. The summed E-state index contributed by atoms with van der Waals surface area (Å²) < 4.78 is 11.5. The van der Waals surface area contributed by atoms with Gasteiger partial charge in [-0.1, -0.05) is 133 Å². The molecular weight excluding hydrogens is 717 g/mol. The molecule has 0 fully saturated rings. The molecular formula is C51H30N4OS. The second-order valence-corrected chi connectivity index (χ2v) is 15.4. The molecule has 4 heterocycles. The standard InChI is InChI=1S/C51H30N4OS/c1-3-14-31(15-4-1)49-52-50(32-16-5-2-6-17-32)54-51(53-49)34-19-13-18-33(28-34)40-29-35(30-41-37-21-9-12-25-45(37)57-48(40)41)55-42-23-10-7-22-39(42)46-43(55)27-26-38-36-20-8-11-24-44(36)56-47(38)46/h1-30H. The molecule has 0 spiro atoms. The van der Waals surface area contributed by atoms with Gasteiger partial charge in [-0.25, -0.2) is 15.0 Å². The fraction of sp³-hybridized carbons (Fsp3) is 0. The molecule has 0 N–H and O–H groups in total. The number of nitrogens with zero attached hydrogens (tertiary/aromatic N) is 4. The molecule has 0 bridgehead atoms. The molecule has 0 atom stereocenters. The van der Waals surface area contributed by atoms with Crippen LogP contribution in [0.25, 0.3) is 115 Å². The van der Waals surface area contributed by atoms with Crippen molar-refractivity contribution < 1.29 is 4.42 Å². The summed E-state index contributed by atoms with van der Waals surface area (Å²) in [5, 5.41) is 7.01. The summed E-state index contributed by atoms with van der Waals surface area (Å²) >= 11 is 1.84. The van der Waals surface area contributed by atoms with Crippen LogP contribution >= 0.6 is 11.3 Å². The third-order valence-electron chi connectivity index (χ3n) is 11.0. The van der Waals surface area contributed by atoms with Crippen molar-refractivity contribution in [3.63, 3.8) is 0 Å². The van der Waals surface area contributed by atoms with Gasteiger partial charge in [-0.15, -0.1) is 11.3 Å². The Balaban J connectivity index is 1.10. The van der Waals surface area contributed by atoms with Crippen LogP contribution < -0.4 is 0 Å². The minimum atomic E-state index is 0.630. The van der Waals surface area contributed by atoms with Crippen molar-refractivity contribution in [2.24, 2.45) is 0 Å². The highest BCUT2D eigenvalue weighted by Gasteiger charge is 2.21. The number of fused-ring (bicyclic) bond motifs is 10. The van der Waals surface area contributed by atoms with Gasteiger partial charge in [0.2, 0.25) is 0 Å². The summed E-state index contributed by atoms with van der Waals surface area (Å²) in [5.74, 6) is 1.91. The predicted molar refractivity (Wildman–Crippen MR) is 236 cm³/mol. The monoisotopic (exact) mass is 746 g/mol. The Morgan fingerprint density at radius 1 is 0.421 bits per heavy atom. The van der Waals surface area contributed by atoms with E-state index < -0.39 is 0 Å². The summed E-state index contributed by atoms with van der Waals surface area (Å²) in [6, 6.07) is 63.8. The maximum atomic E-state index is 6.63. The number of hydrogen-bond donors (Lipinski definition) is 0. The Morgan fingerprint density at radius 3 is 1.81 bits per heavy atom. The zero-order valence-electron chi connectivity index (χ0n) is 30.4. The van der Waals surface area contributed by atoms with Crippen LogP contribution in [0.3, 0.4) is 0 Å². The van der Waals surface area contributed by atoms with Crippen molar-refractivity contribution in [2.45, 2.75) is 0 Å². The summed E-state index contributed by atoms with van der Waals surface area (Å²) in [5.41, 5.74) is 10.2. The van der Waals surface area contributed by atoms with Crippen LogP contribution in [0.1, 0.15) is 0 Å². The third kappa shape index (κ3) is 5.04. The molecule has 12 rings (SSSR count). The maximum Gasteiger partial charge on any atom is 0.164 e. The van der Waals surface area contributed by atoms with Gasteiger partial charge < -0.3 is 8.98 Å². The lowest BCUT2D eigenvalue weighted by Crippen LogP contribution is -2.00. The van der Waals surface area contributed by atoms with Crippen LogP contribution in [0.2, 0.25) is 0 Å². The second-order valence-electron chi connectivity index (χ2n) is 14.4. The highest BCUT2D eigenvalue weighted by Crippen LogP contribution is 2.45. The molecule has 0 saturated carbocycles. The van der Waals surface area contributed by atoms with Crippen molar-refractivity contribution >= 4 is 75.3 Å². The Morgan fingerprint density at radius 2 is 1.04 bits per heavy atom. The molecule has 0 aliphatic carbocycles. The predicted octanol–water partition coefficient (Wildman–Crippen LogP) is 13.9. The Hall–Kier alpha value is -7.41. The largest absolute Gasteiger partial charge is 0.455 e. The maximum absolute atomic E-state index is 6.63. The molecule has 0 aliphatic rings. The van der Waals surface area contributed by atoms with Crippen LogP contribution in [0.5, 0.6) is 0 Å². The van der Waals surface area contributed by atoms with Crippen LogP contribution in [0.15, 0.2) is 186 Å². The quantitative estimate of drug-likeness (QED) is 0.176. The van der Waals surface area contributed by atoms with Crippen molar-refractivity contribution in [2.75, 3.05) is 0 Å². The van der Waals surface area contributed by atoms with E-state index in [4.69, 9.17) is 19.4 Å². The average Bonchev–Trinajstić information content (AvgIpc) is 3.96. The molecule has 0 amide bonds. The smallest absolute Gasteiger partial charge is 0.164 e. The van der Waals surface area contributed by atoms with Gasteiger partial charge in [0, 0.05) is 64.3 Å². The van der Waals surface area contributed by atoms with Crippen molar-refractivity contribution in [1.82, 2.24) is 19.5 Å². The van der Waals surface area contributed by atoms with Crippen LogP contribution in [-0.4, -0.2) is 19.5 Å². The van der Waals surface area contributed by atoms with E-state index in [9.17, 15) is 0 Å². The third-order valence-corrected chi connectivity index (χ3v) is 12.3. The van der Waals surface area contributed by atoms with Crippen molar-refractivity contribution in [1.29, 1.82) is 0 Å².